The van der Waals surface area contributed by atoms with E-state index in [1.165, 1.54) is 30.3 Å². The number of sulfonamides is 1. The van der Waals surface area contributed by atoms with E-state index in [1.54, 1.807) is 26.8 Å². The van der Waals surface area contributed by atoms with Gasteiger partial charge in [-0.1, -0.05) is 35.0 Å². The lowest BCUT2D eigenvalue weighted by atomic mass is 10.1. The van der Waals surface area contributed by atoms with Crippen LogP contribution in [0.25, 0.3) is 11.3 Å². The van der Waals surface area contributed by atoms with Gasteiger partial charge in [-0.25, -0.2) is 17.8 Å². The molecule has 1 unspecified atom stereocenters. The van der Waals surface area contributed by atoms with Crippen LogP contribution >= 0.6 is 0 Å². The number of hydrogen-bond donors (Lipinski definition) is 2. The molecule has 2 aromatic heterocycles. The summed E-state index contributed by atoms with van der Waals surface area (Å²) in [5, 5.41) is 10.8. The number of benzene rings is 2. The van der Waals surface area contributed by atoms with Gasteiger partial charge < -0.3 is 9.84 Å². The van der Waals surface area contributed by atoms with Crippen molar-refractivity contribution in [2.24, 2.45) is 0 Å². The molecule has 186 valence electrons. The molecule has 0 saturated carbocycles. The molecule has 4 rings (SSSR count). The Morgan fingerprint density at radius 3 is 2.25 bits per heavy atom. The van der Waals surface area contributed by atoms with Crippen LogP contribution in [0.5, 0.6) is 0 Å². The zero-order chi connectivity index (χ0) is 26.0. The summed E-state index contributed by atoms with van der Waals surface area (Å²) >= 11 is 0. The van der Waals surface area contributed by atoms with Crippen molar-refractivity contribution < 1.29 is 17.7 Å². The van der Waals surface area contributed by atoms with E-state index in [1.807, 2.05) is 31.2 Å². The minimum atomic E-state index is -3.92. The molecule has 0 spiro atoms. The highest BCUT2D eigenvalue weighted by Gasteiger charge is 2.21. The first-order valence-electron chi connectivity index (χ1n) is 11.1. The van der Waals surface area contributed by atoms with Crippen LogP contribution in [-0.4, -0.2) is 29.3 Å². The van der Waals surface area contributed by atoms with E-state index in [0.29, 0.717) is 22.6 Å². The fourth-order valence-electron chi connectivity index (χ4n) is 3.35. The Morgan fingerprint density at radius 1 is 0.972 bits per heavy atom. The van der Waals surface area contributed by atoms with Crippen LogP contribution in [0, 0.1) is 20.8 Å². The molecule has 0 aliphatic heterocycles. The molecular formula is C25H25N5O5S. The fourth-order valence-corrected chi connectivity index (χ4v) is 4.39. The summed E-state index contributed by atoms with van der Waals surface area (Å²) in [7, 11) is -3.92. The van der Waals surface area contributed by atoms with E-state index >= 15 is 0 Å². The standard InChI is InChI=1S/C25H25N5O5S/c1-15-5-7-19(8-6-15)22-13-14-23(31)30(27-22)18(4)24(32)26-20-9-11-21(12-10-20)36(33,34)29-25-16(2)17(3)28-35-25/h5-14,18,29H,1-4H3,(H,26,32). The highest BCUT2D eigenvalue weighted by molar-refractivity contribution is 7.92. The van der Waals surface area contributed by atoms with E-state index in [0.717, 1.165) is 15.8 Å². The van der Waals surface area contributed by atoms with Gasteiger partial charge in [-0.15, -0.1) is 0 Å². The quantitative estimate of drug-likeness (QED) is 0.388. The highest BCUT2D eigenvalue weighted by atomic mass is 32.2. The van der Waals surface area contributed by atoms with Gasteiger partial charge in [-0.2, -0.15) is 5.10 Å². The number of amides is 1. The third kappa shape index (κ3) is 5.20. The first-order chi connectivity index (χ1) is 17.0. The Hall–Kier alpha value is -4.25. The lowest BCUT2D eigenvalue weighted by Crippen LogP contribution is -2.33. The smallest absolute Gasteiger partial charge is 0.267 e. The normalized spacial score (nSPS) is 12.2. The number of hydrogen-bond acceptors (Lipinski definition) is 7. The summed E-state index contributed by atoms with van der Waals surface area (Å²) in [4.78, 5) is 25.3. The number of aryl methyl sites for hydroxylation is 2. The second-order valence-electron chi connectivity index (χ2n) is 8.38. The number of carbonyl (C=O) groups is 1. The predicted molar refractivity (Wildman–Crippen MR) is 135 cm³/mol. The molecule has 2 heterocycles. The molecule has 36 heavy (non-hydrogen) atoms. The van der Waals surface area contributed by atoms with Crippen molar-refractivity contribution in [2.45, 2.75) is 38.6 Å². The average molecular weight is 508 g/mol. The molecular weight excluding hydrogens is 482 g/mol. The zero-order valence-corrected chi connectivity index (χ0v) is 21.0. The molecule has 0 radical (unpaired) electrons. The SMILES string of the molecule is Cc1ccc(-c2ccc(=O)n(C(C)C(=O)Nc3ccc(S(=O)(=O)Nc4onc(C)c4C)cc3)n2)cc1. The van der Waals surface area contributed by atoms with Gasteiger partial charge in [0.25, 0.3) is 15.6 Å². The van der Waals surface area contributed by atoms with Gasteiger partial charge in [0.1, 0.15) is 6.04 Å². The molecule has 2 aromatic carbocycles. The molecule has 10 nitrogen and oxygen atoms in total. The third-order valence-corrected chi connectivity index (χ3v) is 7.08. The van der Waals surface area contributed by atoms with Crippen LogP contribution in [0.3, 0.4) is 0 Å². The third-order valence-electron chi connectivity index (χ3n) is 5.74. The summed E-state index contributed by atoms with van der Waals surface area (Å²) in [6.07, 6.45) is 0. The van der Waals surface area contributed by atoms with Crippen molar-refractivity contribution in [3.05, 3.63) is 87.8 Å². The maximum absolute atomic E-state index is 12.9. The van der Waals surface area contributed by atoms with Crippen molar-refractivity contribution in [3.8, 4) is 11.3 Å². The highest BCUT2D eigenvalue weighted by Crippen LogP contribution is 2.23. The molecule has 1 atom stereocenters. The van der Waals surface area contributed by atoms with Gasteiger partial charge in [0.2, 0.25) is 11.8 Å². The molecule has 0 bridgehead atoms. The summed E-state index contributed by atoms with van der Waals surface area (Å²) in [5.41, 5.74) is 3.60. The zero-order valence-electron chi connectivity index (χ0n) is 20.1. The van der Waals surface area contributed by atoms with Crippen LogP contribution in [0.15, 0.2) is 74.9 Å². The van der Waals surface area contributed by atoms with E-state index in [2.05, 4.69) is 20.3 Å². The minimum Gasteiger partial charge on any atom is -0.337 e. The summed E-state index contributed by atoms with van der Waals surface area (Å²) in [6.45, 7) is 6.94. The maximum atomic E-state index is 12.9. The lowest BCUT2D eigenvalue weighted by Gasteiger charge is -2.15. The molecule has 2 N–H and O–H groups in total. The van der Waals surface area contributed by atoms with Crippen LogP contribution in [0.4, 0.5) is 11.6 Å². The lowest BCUT2D eigenvalue weighted by molar-refractivity contribution is -0.119. The number of anilines is 2. The Labute approximate surface area is 208 Å². The molecule has 0 fully saturated rings. The van der Waals surface area contributed by atoms with Crippen LogP contribution in [0.1, 0.15) is 29.8 Å². The van der Waals surface area contributed by atoms with Gasteiger partial charge in [0.15, 0.2) is 0 Å². The Morgan fingerprint density at radius 2 is 1.64 bits per heavy atom. The van der Waals surface area contributed by atoms with Crippen LogP contribution in [0.2, 0.25) is 0 Å². The Balaban J connectivity index is 1.49. The molecule has 1 amide bonds. The van der Waals surface area contributed by atoms with Crippen molar-refractivity contribution in [1.29, 1.82) is 0 Å². The summed E-state index contributed by atoms with van der Waals surface area (Å²) in [6, 6.07) is 15.4. The van der Waals surface area contributed by atoms with E-state index in [-0.39, 0.29) is 10.8 Å². The van der Waals surface area contributed by atoms with Gasteiger partial charge >= 0.3 is 0 Å². The van der Waals surface area contributed by atoms with Gasteiger partial charge in [0.05, 0.1) is 16.3 Å². The van der Waals surface area contributed by atoms with E-state index in [4.69, 9.17) is 4.52 Å². The van der Waals surface area contributed by atoms with Crippen molar-refractivity contribution in [3.63, 3.8) is 0 Å². The largest absolute Gasteiger partial charge is 0.337 e. The number of nitrogens with one attached hydrogen (secondary N) is 2. The van der Waals surface area contributed by atoms with E-state index < -0.39 is 27.5 Å². The Bertz CT molecular complexity index is 1570. The summed E-state index contributed by atoms with van der Waals surface area (Å²) in [5.74, 6) is -0.434. The van der Waals surface area contributed by atoms with Gasteiger partial charge in [0, 0.05) is 22.9 Å². The van der Waals surface area contributed by atoms with Crippen molar-refractivity contribution in [1.82, 2.24) is 14.9 Å². The molecule has 0 saturated heterocycles. The summed E-state index contributed by atoms with van der Waals surface area (Å²) < 4.78 is 33.8. The van der Waals surface area contributed by atoms with E-state index in [9.17, 15) is 18.0 Å². The van der Waals surface area contributed by atoms with Gasteiger partial charge in [-0.05, 0) is 58.0 Å². The second-order valence-corrected chi connectivity index (χ2v) is 10.1. The van der Waals surface area contributed by atoms with Gasteiger partial charge in [-0.3, -0.25) is 9.59 Å². The number of nitrogens with zero attached hydrogens (tertiary/aromatic N) is 3. The van der Waals surface area contributed by atoms with Crippen LogP contribution in [-0.2, 0) is 14.8 Å². The topological polar surface area (TPSA) is 136 Å². The Kier molecular flexibility index (Phi) is 6.75. The second kappa shape index (κ2) is 9.78. The monoisotopic (exact) mass is 507 g/mol. The molecule has 0 aliphatic rings. The maximum Gasteiger partial charge on any atom is 0.267 e. The number of aromatic nitrogens is 3. The fraction of sp³-hybridized carbons (Fsp3) is 0.200. The minimum absolute atomic E-state index is 0.0225. The molecule has 4 aromatic rings. The average Bonchev–Trinajstić information content (AvgIpc) is 3.16. The molecule has 11 heteroatoms. The molecule has 0 aliphatic carbocycles. The van der Waals surface area contributed by atoms with Crippen molar-refractivity contribution in [2.75, 3.05) is 10.0 Å². The number of carbonyl (C=O) groups excluding carboxylic acids is 1. The van der Waals surface area contributed by atoms with Crippen molar-refractivity contribution >= 4 is 27.5 Å². The first kappa shape index (κ1) is 24.9. The number of rotatable bonds is 7. The van der Waals surface area contributed by atoms with Crippen LogP contribution < -0.4 is 15.6 Å². The predicted octanol–water partition coefficient (Wildman–Crippen LogP) is 3.82. The first-order valence-corrected chi connectivity index (χ1v) is 12.6.